The molecule has 3 aromatic heterocycles. The number of nitrogens with zero attached hydrogens (tertiary/aromatic N) is 2. The molecule has 2 nitrogen and oxygen atoms in total. The zero-order chi connectivity index (χ0) is 59.7. The maximum absolute atomic E-state index is 2.55. The van der Waals surface area contributed by atoms with Crippen LogP contribution >= 0.6 is 11.3 Å². The summed E-state index contributed by atoms with van der Waals surface area (Å²) in [6.45, 7) is 0. The normalized spacial score (nSPS) is 12.0. The first kappa shape index (κ1) is 51.4. The summed E-state index contributed by atoms with van der Waals surface area (Å²) in [5, 5.41) is 17.2. The van der Waals surface area contributed by atoms with E-state index in [9.17, 15) is 0 Å². The summed E-state index contributed by atoms with van der Waals surface area (Å²) < 4.78 is 7.66. The Kier molecular flexibility index (Phi) is 11.6. The van der Waals surface area contributed by atoms with Gasteiger partial charge in [-0.2, -0.15) is 0 Å². The largest absolute Gasteiger partial charge is 0.308 e. The van der Waals surface area contributed by atoms with E-state index >= 15 is 0 Å². The van der Waals surface area contributed by atoms with E-state index in [-0.39, 0.29) is 0 Å². The predicted octanol–water partition coefficient (Wildman–Crippen LogP) is 24.9. The van der Waals surface area contributed by atoms with Crippen molar-refractivity contribution in [2.45, 2.75) is 0 Å². The quantitative estimate of drug-likeness (QED) is 0.134. The molecule has 0 unspecified atom stereocenters. The average Bonchev–Trinajstić information content (AvgIpc) is 1.66. The lowest BCUT2D eigenvalue weighted by atomic mass is 9.89. The zero-order valence-corrected chi connectivity index (χ0v) is 50.3. The number of benzene rings is 16. The summed E-state index contributed by atoms with van der Waals surface area (Å²) in [6, 6.07) is 122. The molecular weight excluding hydrogens is 1120 g/mol. The first-order chi connectivity index (χ1) is 45.2. The van der Waals surface area contributed by atoms with Gasteiger partial charge >= 0.3 is 0 Å². The van der Waals surface area contributed by atoms with Crippen LogP contribution in [0.1, 0.15) is 0 Å². The molecule has 0 atom stereocenters. The van der Waals surface area contributed by atoms with E-state index in [2.05, 4.69) is 337 Å². The van der Waals surface area contributed by atoms with Gasteiger partial charge in [0.1, 0.15) is 0 Å². The third-order valence-electron chi connectivity index (χ3n) is 19.3. The fraction of sp³-hybridized carbons (Fsp3) is 0. The van der Waals surface area contributed by atoms with Crippen LogP contribution in [0.25, 0.3) is 185 Å². The maximum atomic E-state index is 2.55. The van der Waals surface area contributed by atoms with Crippen LogP contribution in [-0.2, 0) is 0 Å². The molecule has 0 aliphatic heterocycles. The molecule has 0 radical (unpaired) electrons. The molecule has 0 spiro atoms. The number of rotatable bonds is 8. The molecule has 0 aliphatic rings. The summed E-state index contributed by atoms with van der Waals surface area (Å²) in [7, 11) is 0. The summed E-state index contributed by atoms with van der Waals surface area (Å²) in [6.07, 6.45) is 0. The molecule has 91 heavy (non-hydrogen) atoms. The molecule has 19 aromatic rings. The second kappa shape index (κ2) is 20.5. The highest BCUT2D eigenvalue weighted by Gasteiger charge is 2.26. The van der Waals surface area contributed by atoms with Crippen molar-refractivity contribution in [3.63, 3.8) is 0 Å². The molecule has 0 N–H and O–H groups in total. The van der Waals surface area contributed by atoms with Crippen LogP contribution in [-0.4, -0.2) is 9.13 Å². The molecule has 422 valence electrons. The fourth-order valence-corrected chi connectivity index (χ4v) is 16.5. The molecule has 16 aromatic carbocycles. The Morgan fingerprint density at radius 2 is 0.495 bits per heavy atom. The van der Waals surface area contributed by atoms with Crippen molar-refractivity contribution < 1.29 is 0 Å². The van der Waals surface area contributed by atoms with Crippen molar-refractivity contribution in [3.8, 4) is 78.1 Å². The SMILES string of the molecule is c1ccc(-c2ccc3c(c2)c2cc(-c4ccccc4)ccc2n3-c2c3ccccc3c(-c3ccc4c(c3)sc3c(-c5c6ccccc6c(-n6c7ccc(-c8ccccc8)cc7c7cc(-c8ccccc8)ccc76)c6ccccc56)cccc34)c3ccccc23)cc1. The number of thiophene rings is 1. The number of hydrogen-bond acceptors (Lipinski definition) is 1. The predicted molar refractivity (Wildman–Crippen MR) is 391 cm³/mol. The van der Waals surface area contributed by atoms with E-state index in [1.54, 1.807) is 0 Å². The van der Waals surface area contributed by atoms with E-state index in [1.807, 2.05) is 11.3 Å². The van der Waals surface area contributed by atoms with Crippen molar-refractivity contribution >= 4 is 118 Å². The van der Waals surface area contributed by atoms with Gasteiger partial charge in [0.05, 0.1) is 33.4 Å². The van der Waals surface area contributed by atoms with E-state index in [1.165, 1.54) is 185 Å². The van der Waals surface area contributed by atoms with Crippen LogP contribution in [0.4, 0.5) is 0 Å². The highest BCUT2D eigenvalue weighted by molar-refractivity contribution is 7.26. The Balaban J connectivity index is 0.800. The maximum Gasteiger partial charge on any atom is 0.0619 e. The smallest absolute Gasteiger partial charge is 0.0619 e. The van der Waals surface area contributed by atoms with E-state index in [0.29, 0.717) is 0 Å². The van der Waals surface area contributed by atoms with Crippen LogP contribution in [0.3, 0.4) is 0 Å². The third kappa shape index (κ3) is 7.98. The van der Waals surface area contributed by atoms with Gasteiger partial charge in [0, 0.05) is 68.8 Å². The summed E-state index contributed by atoms with van der Waals surface area (Å²) in [5.41, 5.74) is 21.7. The lowest BCUT2D eigenvalue weighted by Crippen LogP contribution is -1.99. The Morgan fingerprint density at radius 1 is 0.187 bits per heavy atom. The second-order valence-electron chi connectivity index (χ2n) is 24.2. The molecule has 3 heterocycles. The second-order valence-corrected chi connectivity index (χ2v) is 25.2. The molecule has 0 fully saturated rings. The van der Waals surface area contributed by atoms with Crippen LogP contribution in [0.2, 0.25) is 0 Å². The molecule has 0 saturated carbocycles. The first-order valence-corrected chi connectivity index (χ1v) is 32.2. The van der Waals surface area contributed by atoms with Crippen molar-refractivity contribution in [1.82, 2.24) is 9.13 Å². The minimum Gasteiger partial charge on any atom is -0.308 e. The summed E-state index contributed by atoms with van der Waals surface area (Å²) in [4.78, 5) is 0. The lowest BCUT2D eigenvalue weighted by Gasteiger charge is -2.20. The average molecular weight is 1170 g/mol. The number of fused-ring (bicyclic) bond motifs is 13. The van der Waals surface area contributed by atoms with Gasteiger partial charge in [0.2, 0.25) is 0 Å². The standard InChI is InChI=1S/C88H54N2S/c1-5-22-55(23-6-1)59-41-46-79-75(50-59)76-51-60(56-24-7-2-8-25-56)42-47-80(76)89(79)86-69-34-17-13-30-65(69)84(66-31-14-18-35-70(66)86)63-40-45-64-73-38-21-39-74(88(73)91-83(64)54-63)85-67-32-15-19-36-71(67)87(72-37-20-16-33-68(72)85)90-81-48-43-61(57-26-9-3-10-27-57)52-77(81)78-53-62(44-49-82(78)90)58-28-11-4-12-29-58/h1-54H. The van der Waals surface area contributed by atoms with Crippen LogP contribution in [0.15, 0.2) is 328 Å². The summed E-state index contributed by atoms with van der Waals surface area (Å²) >= 11 is 1.92. The van der Waals surface area contributed by atoms with E-state index in [4.69, 9.17) is 0 Å². The Bertz CT molecular complexity index is 5860. The van der Waals surface area contributed by atoms with Crippen molar-refractivity contribution in [3.05, 3.63) is 328 Å². The zero-order valence-electron chi connectivity index (χ0n) is 49.5. The highest BCUT2D eigenvalue weighted by Crippen LogP contribution is 2.51. The molecule has 0 bridgehead atoms. The molecule has 19 rings (SSSR count). The third-order valence-corrected chi connectivity index (χ3v) is 20.5. The van der Waals surface area contributed by atoms with Gasteiger partial charge in [-0.05, 0) is 137 Å². The Labute approximate surface area is 529 Å². The van der Waals surface area contributed by atoms with Gasteiger partial charge in [-0.1, -0.05) is 273 Å². The van der Waals surface area contributed by atoms with Gasteiger partial charge in [0.15, 0.2) is 0 Å². The molecule has 3 heteroatoms. The molecule has 0 aliphatic carbocycles. The lowest BCUT2D eigenvalue weighted by molar-refractivity contribution is 1.21. The number of hydrogen-bond donors (Lipinski definition) is 0. The Hall–Kier alpha value is -11.6. The topological polar surface area (TPSA) is 9.86 Å². The van der Waals surface area contributed by atoms with Gasteiger partial charge in [-0.15, -0.1) is 11.3 Å². The highest BCUT2D eigenvalue weighted by atomic mass is 32.1. The van der Waals surface area contributed by atoms with E-state index < -0.39 is 0 Å². The van der Waals surface area contributed by atoms with Gasteiger partial charge in [0.25, 0.3) is 0 Å². The monoisotopic (exact) mass is 1170 g/mol. The van der Waals surface area contributed by atoms with Crippen LogP contribution in [0, 0.1) is 0 Å². The molecule has 0 amide bonds. The van der Waals surface area contributed by atoms with Crippen LogP contribution in [0.5, 0.6) is 0 Å². The van der Waals surface area contributed by atoms with Crippen molar-refractivity contribution in [2.75, 3.05) is 0 Å². The minimum absolute atomic E-state index is 1.18. The van der Waals surface area contributed by atoms with Gasteiger partial charge in [-0.25, -0.2) is 0 Å². The molecule has 0 saturated heterocycles. The van der Waals surface area contributed by atoms with Crippen LogP contribution < -0.4 is 0 Å². The Morgan fingerprint density at radius 3 is 0.857 bits per heavy atom. The fourth-order valence-electron chi connectivity index (χ4n) is 15.2. The molecular formula is C88H54N2S. The number of aromatic nitrogens is 2. The minimum atomic E-state index is 1.18. The summed E-state index contributed by atoms with van der Waals surface area (Å²) in [5.74, 6) is 0. The van der Waals surface area contributed by atoms with E-state index in [0.717, 1.165) is 0 Å². The van der Waals surface area contributed by atoms with Crippen molar-refractivity contribution in [1.29, 1.82) is 0 Å². The first-order valence-electron chi connectivity index (χ1n) is 31.4. The van der Waals surface area contributed by atoms with Gasteiger partial charge in [-0.3, -0.25) is 0 Å². The van der Waals surface area contributed by atoms with Crippen molar-refractivity contribution in [2.24, 2.45) is 0 Å². The van der Waals surface area contributed by atoms with Gasteiger partial charge < -0.3 is 9.13 Å².